The molecule has 0 spiro atoms. The maximum Gasteiger partial charge on any atom is 0.313 e. The number of rotatable bonds is 3. The van der Waals surface area contributed by atoms with Crippen molar-refractivity contribution in [2.45, 2.75) is 26.4 Å². The Balaban J connectivity index is 2.21. The van der Waals surface area contributed by atoms with E-state index < -0.39 is 5.92 Å². The standard InChI is InChI=1S/C16H17NO3/c1-3-19-16(18)13-8-14(10-17)20-15(9-13)12-6-4-11(2)5-7-12/h4-8,13,15H,3,9H2,1-2H3. The second-order valence-electron chi connectivity index (χ2n) is 4.75. The van der Waals surface area contributed by atoms with E-state index in [0.717, 1.165) is 11.1 Å². The van der Waals surface area contributed by atoms with E-state index in [9.17, 15) is 4.79 Å². The molecule has 4 nitrogen and oxygen atoms in total. The normalized spacial score (nSPS) is 21.4. The molecular weight excluding hydrogens is 254 g/mol. The highest BCUT2D eigenvalue weighted by atomic mass is 16.5. The second-order valence-corrected chi connectivity index (χ2v) is 4.75. The maximum absolute atomic E-state index is 11.9. The minimum Gasteiger partial charge on any atom is -0.476 e. The molecule has 4 heteroatoms. The number of esters is 1. The minimum atomic E-state index is -0.426. The molecule has 2 unspecified atom stereocenters. The number of hydrogen-bond acceptors (Lipinski definition) is 4. The number of carbonyl (C=O) groups is 1. The molecule has 0 bridgehead atoms. The second kappa shape index (κ2) is 6.25. The minimum absolute atomic E-state index is 0.180. The number of nitriles is 1. The molecule has 0 radical (unpaired) electrons. The zero-order valence-corrected chi connectivity index (χ0v) is 11.6. The van der Waals surface area contributed by atoms with Crippen LogP contribution in [-0.2, 0) is 14.3 Å². The number of hydrogen-bond donors (Lipinski definition) is 0. The SMILES string of the molecule is CCOC(=O)C1C=C(C#N)OC(c2ccc(C)cc2)C1. The van der Waals surface area contributed by atoms with Crippen molar-refractivity contribution in [1.82, 2.24) is 0 Å². The Morgan fingerprint density at radius 3 is 2.75 bits per heavy atom. The van der Waals surface area contributed by atoms with E-state index in [1.807, 2.05) is 37.3 Å². The van der Waals surface area contributed by atoms with Crippen molar-refractivity contribution in [3.05, 3.63) is 47.2 Å². The van der Waals surface area contributed by atoms with Crippen molar-refractivity contribution in [3.8, 4) is 6.07 Å². The van der Waals surface area contributed by atoms with Crippen molar-refractivity contribution < 1.29 is 14.3 Å². The summed E-state index contributed by atoms with van der Waals surface area (Å²) in [7, 11) is 0. The van der Waals surface area contributed by atoms with Crippen LogP contribution in [0, 0.1) is 24.2 Å². The van der Waals surface area contributed by atoms with Crippen LogP contribution in [0.15, 0.2) is 36.1 Å². The van der Waals surface area contributed by atoms with Crippen molar-refractivity contribution in [2.75, 3.05) is 6.61 Å². The Morgan fingerprint density at radius 1 is 1.45 bits per heavy atom. The van der Waals surface area contributed by atoms with Gasteiger partial charge in [-0.25, -0.2) is 0 Å². The summed E-state index contributed by atoms with van der Waals surface area (Å²) in [5.41, 5.74) is 2.12. The van der Waals surface area contributed by atoms with Crippen LogP contribution in [0.4, 0.5) is 0 Å². The first-order valence-corrected chi connectivity index (χ1v) is 6.65. The molecule has 0 aromatic heterocycles. The van der Waals surface area contributed by atoms with Gasteiger partial charge in [-0.1, -0.05) is 29.8 Å². The molecule has 0 N–H and O–H groups in total. The van der Waals surface area contributed by atoms with Crippen LogP contribution < -0.4 is 0 Å². The van der Waals surface area contributed by atoms with Gasteiger partial charge in [0, 0.05) is 6.42 Å². The summed E-state index contributed by atoms with van der Waals surface area (Å²) in [6, 6.07) is 9.87. The molecule has 2 atom stereocenters. The third-order valence-corrected chi connectivity index (χ3v) is 3.24. The van der Waals surface area contributed by atoms with Gasteiger partial charge in [0.1, 0.15) is 12.2 Å². The number of ether oxygens (including phenoxy) is 2. The predicted molar refractivity (Wildman–Crippen MR) is 73.4 cm³/mol. The fourth-order valence-electron chi connectivity index (χ4n) is 2.18. The fraction of sp³-hybridized carbons (Fsp3) is 0.375. The lowest BCUT2D eigenvalue weighted by atomic mass is 9.93. The van der Waals surface area contributed by atoms with E-state index in [2.05, 4.69) is 0 Å². The van der Waals surface area contributed by atoms with Crippen molar-refractivity contribution in [2.24, 2.45) is 5.92 Å². The summed E-state index contributed by atoms with van der Waals surface area (Å²) in [6.45, 7) is 4.11. The summed E-state index contributed by atoms with van der Waals surface area (Å²) < 4.78 is 10.6. The average molecular weight is 271 g/mol. The number of nitrogens with zero attached hydrogens (tertiary/aromatic N) is 1. The Hall–Kier alpha value is -2.28. The summed E-state index contributed by atoms with van der Waals surface area (Å²) in [6.07, 6.45) is 1.75. The average Bonchev–Trinajstić information content (AvgIpc) is 2.47. The van der Waals surface area contributed by atoms with Crippen molar-refractivity contribution in [3.63, 3.8) is 0 Å². The van der Waals surface area contributed by atoms with E-state index in [1.54, 1.807) is 13.0 Å². The van der Waals surface area contributed by atoms with Gasteiger partial charge in [0.25, 0.3) is 0 Å². The van der Waals surface area contributed by atoms with Crippen LogP contribution in [0.25, 0.3) is 0 Å². The summed E-state index contributed by atoms with van der Waals surface area (Å²) >= 11 is 0. The lowest BCUT2D eigenvalue weighted by Gasteiger charge is -2.26. The van der Waals surface area contributed by atoms with Gasteiger partial charge in [-0.2, -0.15) is 5.26 Å². The molecule has 0 saturated heterocycles. The van der Waals surface area contributed by atoms with E-state index >= 15 is 0 Å². The lowest BCUT2D eigenvalue weighted by molar-refractivity contribution is -0.148. The molecule has 1 heterocycles. The van der Waals surface area contributed by atoms with Gasteiger partial charge in [-0.15, -0.1) is 0 Å². The number of allylic oxidation sites excluding steroid dienone is 1. The first-order chi connectivity index (χ1) is 9.63. The van der Waals surface area contributed by atoms with Gasteiger partial charge in [-0.05, 0) is 25.5 Å². The molecule has 1 aromatic rings. The smallest absolute Gasteiger partial charge is 0.313 e. The molecule has 0 amide bonds. The largest absolute Gasteiger partial charge is 0.476 e. The van der Waals surface area contributed by atoms with Crippen LogP contribution in [0.3, 0.4) is 0 Å². The summed E-state index contributed by atoms with van der Waals surface area (Å²) in [4.78, 5) is 11.9. The highest BCUT2D eigenvalue weighted by Crippen LogP contribution is 2.33. The van der Waals surface area contributed by atoms with Gasteiger partial charge < -0.3 is 9.47 Å². The molecule has 0 saturated carbocycles. The lowest BCUT2D eigenvalue weighted by Crippen LogP contribution is -2.23. The quantitative estimate of drug-likeness (QED) is 0.793. The third kappa shape index (κ3) is 3.18. The zero-order chi connectivity index (χ0) is 14.5. The Morgan fingerprint density at radius 2 is 2.15 bits per heavy atom. The van der Waals surface area contributed by atoms with Gasteiger partial charge >= 0.3 is 5.97 Å². The van der Waals surface area contributed by atoms with Gasteiger partial charge in [0.05, 0.1) is 12.5 Å². The van der Waals surface area contributed by atoms with Crippen LogP contribution in [0.5, 0.6) is 0 Å². The van der Waals surface area contributed by atoms with Crippen LogP contribution in [-0.4, -0.2) is 12.6 Å². The van der Waals surface area contributed by atoms with Gasteiger partial charge in [0.15, 0.2) is 5.76 Å². The zero-order valence-electron chi connectivity index (χ0n) is 11.6. The van der Waals surface area contributed by atoms with Gasteiger partial charge in [-0.3, -0.25) is 4.79 Å². The van der Waals surface area contributed by atoms with Crippen LogP contribution in [0.2, 0.25) is 0 Å². The van der Waals surface area contributed by atoms with Gasteiger partial charge in [0.2, 0.25) is 0 Å². The first-order valence-electron chi connectivity index (χ1n) is 6.65. The number of benzene rings is 1. The highest BCUT2D eigenvalue weighted by Gasteiger charge is 2.30. The Labute approximate surface area is 118 Å². The van der Waals surface area contributed by atoms with Crippen LogP contribution in [0.1, 0.15) is 30.6 Å². The molecular formula is C16H17NO3. The molecule has 0 fully saturated rings. The van der Waals surface area contributed by atoms with Crippen molar-refractivity contribution >= 4 is 5.97 Å². The first kappa shape index (κ1) is 14.1. The molecule has 2 rings (SSSR count). The monoisotopic (exact) mass is 271 g/mol. The van der Waals surface area contributed by atoms with Crippen LogP contribution >= 0.6 is 0 Å². The molecule has 1 aliphatic rings. The van der Waals surface area contributed by atoms with E-state index in [0.29, 0.717) is 13.0 Å². The van der Waals surface area contributed by atoms with E-state index in [4.69, 9.17) is 14.7 Å². The molecule has 1 aliphatic heterocycles. The highest BCUT2D eigenvalue weighted by molar-refractivity contribution is 5.75. The molecule has 104 valence electrons. The summed E-state index contributed by atoms with van der Waals surface area (Å²) in [5, 5.41) is 9.03. The Bertz CT molecular complexity index is 554. The van der Waals surface area contributed by atoms with E-state index in [-0.39, 0.29) is 17.8 Å². The molecule has 1 aromatic carbocycles. The Kier molecular flexibility index (Phi) is 4.41. The number of carbonyl (C=O) groups excluding carboxylic acids is 1. The summed E-state index contributed by atoms with van der Waals surface area (Å²) in [5.74, 6) is -0.551. The molecule has 20 heavy (non-hydrogen) atoms. The third-order valence-electron chi connectivity index (χ3n) is 3.24. The fourth-order valence-corrected chi connectivity index (χ4v) is 2.18. The maximum atomic E-state index is 11.9. The topological polar surface area (TPSA) is 59.3 Å². The molecule has 0 aliphatic carbocycles. The predicted octanol–water partition coefficient (Wildman–Crippen LogP) is 3.04. The van der Waals surface area contributed by atoms with Crippen molar-refractivity contribution in [1.29, 1.82) is 5.26 Å². The number of aryl methyl sites for hydroxylation is 1. The van der Waals surface area contributed by atoms with E-state index in [1.165, 1.54) is 0 Å².